The van der Waals surface area contributed by atoms with Crippen LogP contribution in [0, 0.1) is 6.92 Å². The van der Waals surface area contributed by atoms with Gasteiger partial charge in [-0.05, 0) is 48.2 Å². The molecule has 0 spiro atoms. The fourth-order valence-electron chi connectivity index (χ4n) is 3.53. The molecule has 3 N–H and O–H groups in total. The van der Waals surface area contributed by atoms with Crippen molar-refractivity contribution in [3.05, 3.63) is 53.2 Å². The van der Waals surface area contributed by atoms with Gasteiger partial charge in [0.05, 0.1) is 19.8 Å². The summed E-state index contributed by atoms with van der Waals surface area (Å²) in [5, 5.41) is 8.54. The van der Waals surface area contributed by atoms with E-state index < -0.39 is 0 Å². The van der Waals surface area contributed by atoms with Gasteiger partial charge >= 0.3 is 0 Å². The van der Waals surface area contributed by atoms with Crippen LogP contribution in [-0.4, -0.2) is 24.6 Å². The summed E-state index contributed by atoms with van der Waals surface area (Å²) in [5.74, 6) is 8.00. The largest absolute Gasteiger partial charge is 0.496 e. The van der Waals surface area contributed by atoms with Crippen molar-refractivity contribution in [2.24, 2.45) is 18.0 Å². The molecule has 3 aromatic rings. The Kier molecular flexibility index (Phi) is 5.49. The SMILES string of the molecule is COc1cc(OC)c(C(C)C)cc1/C(=N/N)Nc1ccc2c(c1)c(C)cn2C. The number of ether oxygens (including phenoxy) is 2. The van der Waals surface area contributed by atoms with E-state index >= 15 is 0 Å². The Hall–Kier alpha value is -3.15. The molecule has 6 nitrogen and oxygen atoms in total. The fourth-order valence-corrected chi connectivity index (χ4v) is 3.53. The van der Waals surface area contributed by atoms with E-state index in [9.17, 15) is 0 Å². The quantitative estimate of drug-likeness (QED) is 0.298. The number of nitrogens with zero attached hydrogens (tertiary/aromatic N) is 2. The second kappa shape index (κ2) is 7.84. The van der Waals surface area contributed by atoms with Gasteiger partial charge in [-0.3, -0.25) is 0 Å². The molecule has 0 bridgehead atoms. The van der Waals surface area contributed by atoms with Crippen molar-refractivity contribution >= 4 is 22.4 Å². The van der Waals surface area contributed by atoms with Gasteiger partial charge in [0.2, 0.25) is 0 Å². The first-order chi connectivity index (χ1) is 13.4. The van der Waals surface area contributed by atoms with Crippen molar-refractivity contribution < 1.29 is 9.47 Å². The highest BCUT2D eigenvalue weighted by molar-refractivity contribution is 6.10. The fraction of sp³-hybridized carbons (Fsp3) is 0.318. The van der Waals surface area contributed by atoms with E-state index in [-0.39, 0.29) is 5.92 Å². The van der Waals surface area contributed by atoms with Crippen LogP contribution in [0.1, 0.15) is 36.5 Å². The number of fused-ring (bicyclic) bond motifs is 1. The van der Waals surface area contributed by atoms with Crippen molar-refractivity contribution in [1.82, 2.24) is 4.57 Å². The van der Waals surface area contributed by atoms with Gasteiger partial charge < -0.3 is 25.2 Å². The third-order valence-electron chi connectivity index (χ3n) is 5.01. The minimum atomic E-state index is 0.280. The number of benzene rings is 2. The predicted octanol–water partition coefficient (Wildman–Crippen LogP) is 4.36. The standard InChI is InChI=1S/C22H28N4O2/c1-13(2)16-10-18(21(28-6)11-20(16)27-5)22(25-23)24-15-7-8-19-17(9-15)14(3)12-26(19)4/h7-13H,23H2,1-6H3,(H,24,25). The average Bonchev–Trinajstić information content (AvgIpc) is 2.98. The summed E-state index contributed by atoms with van der Waals surface area (Å²) in [7, 11) is 5.33. The molecule has 1 heterocycles. The normalized spacial score (nSPS) is 11.9. The lowest BCUT2D eigenvalue weighted by Crippen LogP contribution is -2.17. The van der Waals surface area contributed by atoms with Gasteiger partial charge in [0.25, 0.3) is 0 Å². The van der Waals surface area contributed by atoms with Gasteiger partial charge in [-0.1, -0.05) is 13.8 Å². The van der Waals surface area contributed by atoms with Crippen molar-refractivity contribution in [3.63, 3.8) is 0 Å². The van der Waals surface area contributed by atoms with Crippen molar-refractivity contribution in [1.29, 1.82) is 0 Å². The molecular weight excluding hydrogens is 352 g/mol. The van der Waals surface area contributed by atoms with Gasteiger partial charge in [-0.2, -0.15) is 5.10 Å². The zero-order valence-electron chi connectivity index (χ0n) is 17.3. The van der Waals surface area contributed by atoms with E-state index in [1.165, 1.54) is 16.5 Å². The Morgan fingerprint density at radius 3 is 2.43 bits per heavy atom. The second-order valence-electron chi connectivity index (χ2n) is 7.21. The number of nitrogens with one attached hydrogen (secondary N) is 1. The minimum absolute atomic E-state index is 0.280. The number of amidine groups is 1. The zero-order valence-corrected chi connectivity index (χ0v) is 17.3. The summed E-state index contributed by atoms with van der Waals surface area (Å²) in [6, 6.07) is 10.1. The highest BCUT2D eigenvalue weighted by atomic mass is 16.5. The molecule has 0 saturated heterocycles. The third-order valence-corrected chi connectivity index (χ3v) is 5.01. The van der Waals surface area contributed by atoms with E-state index in [1.54, 1.807) is 14.2 Å². The maximum absolute atomic E-state index is 5.75. The van der Waals surface area contributed by atoms with Crippen molar-refractivity contribution in [3.8, 4) is 11.5 Å². The monoisotopic (exact) mass is 380 g/mol. The molecule has 3 rings (SSSR count). The number of nitrogens with two attached hydrogens (primary N) is 1. The van der Waals surface area contributed by atoms with Gasteiger partial charge in [-0.25, -0.2) is 0 Å². The molecule has 0 aliphatic carbocycles. The lowest BCUT2D eigenvalue weighted by molar-refractivity contribution is 0.389. The number of rotatable bonds is 5. The van der Waals surface area contributed by atoms with Crippen LogP contribution in [0.3, 0.4) is 0 Å². The van der Waals surface area contributed by atoms with Gasteiger partial charge in [-0.15, -0.1) is 0 Å². The summed E-state index contributed by atoms with van der Waals surface area (Å²) in [4.78, 5) is 0. The van der Waals surface area contributed by atoms with E-state index in [2.05, 4.69) is 54.1 Å². The number of anilines is 1. The molecule has 0 fully saturated rings. The number of hydrogen-bond donors (Lipinski definition) is 2. The first-order valence-corrected chi connectivity index (χ1v) is 9.26. The topological polar surface area (TPSA) is 73.8 Å². The molecule has 28 heavy (non-hydrogen) atoms. The third kappa shape index (κ3) is 3.50. The predicted molar refractivity (Wildman–Crippen MR) is 116 cm³/mol. The van der Waals surface area contributed by atoms with Gasteiger partial charge in [0, 0.05) is 35.9 Å². The van der Waals surface area contributed by atoms with E-state index in [4.69, 9.17) is 15.3 Å². The van der Waals surface area contributed by atoms with Crippen molar-refractivity contribution in [2.75, 3.05) is 19.5 Å². The summed E-state index contributed by atoms with van der Waals surface area (Å²) in [5.41, 5.74) is 5.17. The first-order valence-electron chi connectivity index (χ1n) is 9.26. The molecule has 0 aliphatic heterocycles. The lowest BCUT2D eigenvalue weighted by atomic mass is 9.98. The van der Waals surface area contributed by atoms with Crippen LogP contribution in [0.5, 0.6) is 11.5 Å². The molecule has 0 unspecified atom stereocenters. The van der Waals surface area contributed by atoms with E-state index in [0.29, 0.717) is 11.6 Å². The Bertz CT molecular complexity index is 1030. The lowest BCUT2D eigenvalue weighted by Gasteiger charge is -2.18. The average molecular weight is 380 g/mol. The second-order valence-corrected chi connectivity index (χ2v) is 7.21. The highest BCUT2D eigenvalue weighted by Crippen LogP contribution is 2.34. The molecule has 6 heteroatoms. The summed E-state index contributed by atoms with van der Waals surface area (Å²) in [6.07, 6.45) is 2.12. The molecule has 1 aromatic heterocycles. The van der Waals surface area contributed by atoms with Crippen LogP contribution >= 0.6 is 0 Å². The molecule has 0 atom stereocenters. The highest BCUT2D eigenvalue weighted by Gasteiger charge is 2.18. The molecule has 0 radical (unpaired) electrons. The molecule has 0 saturated carbocycles. The number of hydrazone groups is 1. The smallest absolute Gasteiger partial charge is 0.161 e. The Labute approximate surface area is 165 Å². The summed E-state index contributed by atoms with van der Waals surface area (Å²) < 4.78 is 13.2. The van der Waals surface area contributed by atoms with Crippen LogP contribution in [0.2, 0.25) is 0 Å². The summed E-state index contributed by atoms with van der Waals surface area (Å²) in [6.45, 7) is 6.34. The number of hydrogen-bond acceptors (Lipinski definition) is 4. The Morgan fingerprint density at radius 1 is 1.11 bits per heavy atom. The van der Waals surface area contributed by atoms with Gasteiger partial charge in [0.15, 0.2) is 5.84 Å². The Morgan fingerprint density at radius 2 is 1.82 bits per heavy atom. The van der Waals surface area contributed by atoms with Crippen molar-refractivity contribution in [2.45, 2.75) is 26.7 Å². The molecule has 0 aliphatic rings. The maximum atomic E-state index is 5.75. The van der Waals surface area contributed by atoms with Crippen LogP contribution < -0.4 is 20.6 Å². The van der Waals surface area contributed by atoms with Gasteiger partial charge in [0.1, 0.15) is 11.5 Å². The molecule has 148 valence electrons. The number of methoxy groups -OCH3 is 2. The summed E-state index contributed by atoms with van der Waals surface area (Å²) >= 11 is 0. The first kappa shape index (κ1) is 19.6. The Balaban J connectivity index is 2.04. The number of aromatic nitrogens is 1. The van der Waals surface area contributed by atoms with Crippen LogP contribution in [0.4, 0.5) is 5.69 Å². The van der Waals surface area contributed by atoms with E-state index in [1.807, 2.05) is 25.2 Å². The van der Waals surface area contributed by atoms with Crippen LogP contribution in [-0.2, 0) is 7.05 Å². The van der Waals surface area contributed by atoms with Crippen LogP contribution in [0.25, 0.3) is 10.9 Å². The number of aryl methyl sites for hydroxylation is 2. The maximum Gasteiger partial charge on any atom is 0.161 e. The molecule has 0 amide bonds. The zero-order chi connectivity index (χ0) is 20.4. The molecular formula is C22H28N4O2. The van der Waals surface area contributed by atoms with E-state index in [0.717, 1.165) is 22.6 Å². The van der Waals surface area contributed by atoms with Crippen LogP contribution in [0.15, 0.2) is 41.6 Å². The molecule has 2 aromatic carbocycles. The minimum Gasteiger partial charge on any atom is -0.496 e.